The molecule has 2 heterocycles. The quantitative estimate of drug-likeness (QED) is 0.636. The molecule has 3 aromatic rings. The molecule has 0 aliphatic carbocycles. The highest BCUT2D eigenvalue weighted by molar-refractivity contribution is 9.10. The van der Waals surface area contributed by atoms with Crippen molar-refractivity contribution in [2.75, 3.05) is 11.9 Å². The number of fused-ring (bicyclic) bond motifs is 1. The molecule has 0 saturated heterocycles. The number of carbonyl (C=O) groups excluding carboxylic acids is 1. The standard InChI is InChI=1S/C18H17BrN4O2/c1-2-9-25-16-6-4-3-5-13(16)7-8-17(24)21-15-10-14(19)11-23-12-20-22-18(15)23/h3-8,10-12H,2,9H2,1H3,(H,21,24)/b8-7+. The van der Waals surface area contributed by atoms with Crippen molar-refractivity contribution in [1.29, 1.82) is 0 Å². The first kappa shape index (κ1) is 17.2. The maximum Gasteiger partial charge on any atom is 0.248 e. The number of aromatic nitrogens is 3. The first-order valence-electron chi connectivity index (χ1n) is 7.87. The molecule has 7 heteroatoms. The van der Waals surface area contributed by atoms with E-state index in [1.807, 2.05) is 30.5 Å². The highest BCUT2D eigenvalue weighted by Gasteiger charge is 2.08. The van der Waals surface area contributed by atoms with Crippen LogP contribution in [-0.2, 0) is 4.79 Å². The number of amides is 1. The lowest BCUT2D eigenvalue weighted by Gasteiger charge is -2.08. The average Bonchev–Trinajstić information content (AvgIpc) is 3.07. The van der Waals surface area contributed by atoms with Gasteiger partial charge in [-0.2, -0.15) is 0 Å². The first-order chi connectivity index (χ1) is 12.2. The fourth-order valence-electron chi connectivity index (χ4n) is 2.30. The summed E-state index contributed by atoms with van der Waals surface area (Å²) in [4.78, 5) is 12.3. The molecule has 1 amide bonds. The topological polar surface area (TPSA) is 68.5 Å². The molecular weight excluding hydrogens is 384 g/mol. The number of nitrogens with one attached hydrogen (secondary N) is 1. The molecule has 128 valence electrons. The molecule has 0 bridgehead atoms. The minimum Gasteiger partial charge on any atom is -0.493 e. The highest BCUT2D eigenvalue weighted by atomic mass is 79.9. The predicted molar refractivity (Wildman–Crippen MR) is 101 cm³/mol. The van der Waals surface area contributed by atoms with Gasteiger partial charge in [-0.3, -0.25) is 9.20 Å². The molecule has 0 unspecified atom stereocenters. The molecule has 1 aromatic carbocycles. The number of pyridine rings is 1. The maximum absolute atomic E-state index is 12.3. The summed E-state index contributed by atoms with van der Waals surface area (Å²) in [5, 5.41) is 10.7. The number of halogens is 1. The van der Waals surface area contributed by atoms with Gasteiger partial charge in [0.15, 0.2) is 5.65 Å². The largest absolute Gasteiger partial charge is 0.493 e. The van der Waals surface area contributed by atoms with E-state index < -0.39 is 0 Å². The Morgan fingerprint density at radius 1 is 1.40 bits per heavy atom. The molecule has 0 fully saturated rings. The summed E-state index contributed by atoms with van der Waals surface area (Å²) in [6, 6.07) is 9.40. The lowest BCUT2D eigenvalue weighted by molar-refractivity contribution is -0.111. The first-order valence-corrected chi connectivity index (χ1v) is 8.66. The number of hydrogen-bond donors (Lipinski definition) is 1. The van der Waals surface area contributed by atoms with Crippen LogP contribution in [0.1, 0.15) is 18.9 Å². The van der Waals surface area contributed by atoms with Gasteiger partial charge in [0, 0.05) is 22.3 Å². The van der Waals surface area contributed by atoms with E-state index in [0.29, 0.717) is 17.9 Å². The van der Waals surface area contributed by atoms with Gasteiger partial charge in [0.05, 0.1) is 12.3 Å². The Morgan fingerprint density at radius 3 is 3.08 bits per heavy atom. The zero-order chi connectivity index (χ0) is 17.6. The Bertz CT molecular complexity index is 920. The lowest BCUT2D eigenvalue weighted by atomic mass is 10.2. The van der Waals surface area contributed by atoms with Crippen LogP contribution in [0.2, 0.25) is 0 Å². The second-order valence-electron chi connectivity index (χ2n) is 5.34. The number of rotatable bonds is 6. The number of ether oxygens (including phenoxy) is 1. The summed E-state index contributed by atoms with van der Waals surface area (Å²) in [5.74, 6) is 0.504. The van der Waals surface area contributed by atoms with Gasteiger partial charge in [-0.25, -0.2) is 0 Å². The van der Waals surface area contributed by atoms with Crippen LogP contribution < -0.4 is 10.1 Å². The molecule has 25 heavy (non-hydrogen) atoms. The Labute approximate surface area is 153 Å². The van der Waals surface area contributed by atoms with Crippen LogP contribution in [0.3, 0.4) is 0 Å². The van der Waals surface area contributed by atoms with Crippen molar-refractivity contribution in [2.45, 2.75) is 13.3 Å². The monoisotopic (exact) mass is 400 g/mol. The number of carbonyl (C=O) groups is 1. The molecule has 0 radical (unpaired) electrons. The third kappa shape index (κ3) is 4.24. The Balaban J connectivity index is 1.76. The average molecular weight is 401 g/mol. The predicted octanol–water partition coefficient (Wildman–Crippen LogP) is 3.93. The zero-order valence-electron chi connectivity index (χ0n) is 13.6. The molecule has 0 aliphatic heterocycles. The van der Waals surface area contributed by atoms with Crippen LogP contribution in [0.25, 0.3) is 11.7 Å². The van der Waals surface area contributed by atoms with Crippen molar-refractivity contribution >= 4 is 39.2 Å². The van der Waals surface area contributed by atoms with E-state index in [-0.39, 0.29) is 5.91 Å². The van der Waals surface area contributed by atoms with Gasteiger partial charge in [0.1, 0.15) is 12.1 Å². The second kappa shape index (κ2) is 7.94. The van der Waals surface area contributed by atoms with Crippen molar-refractivity contribution in [2.24, 2.45) is 0 Å². The maximum atomic E-state index is 12.3. The van der Waals surface area contributed by atoms with Crippen LogP contribution in [0.5, 0.6) is 5.75 Å². The third-order valence-corrected chi connectivity index (χ3v) is 3.85. The Hall–Kier alpha value is -2.67. The van der Waals surface area contributed by atoms with Crippen LogP contribution in [0.15, 0.2) is 53.4 Å². The fraction of sp³-hybridized carbons (Fsp3) is 0.167. The molecule has 0 atom stereocenters. The zero-order valence-corrected chi connectivity index (χ0v) is 15.2. The minimum atomic E-state index is -0.256. The number of benzene rings is 1. The summed E-state index contributed by atoms with van der Waals surface area (Å²) in [6.07, 6.45) is 7.53. The number of anilines is 1. The van der Waals surface area contributed by atoms with Gasteiger partial charge in [-0.05, 0) is 40.6 Å². The molecule has 0 spiro atoms. The summed E-state index contributed by atoms with van der Waals surface area (Å²) in [5.41, 5.74) is 2.02. The van der Waals surface area contributed by atoms with Crippen LogP contribution in [-0.4, -0.2) is 27.1 Å². The van der Waals surface area contributed by atoms with E-state index >= 15 is 0 Å². The van der Waals surface area contributed by atoms with Crippen LogP contribution in [0.4, 0.5) is 5.69 Å². The van der Waals surface area contributed by atoms with Gasteiger partial charge in [0.25, 0.3) is 0 Å². The fourth-order valence-corrected chi connectivity index (χ4v) is 2.75. The van der Waals surface area contributed by atoms with Gasteiger partial charge in [-0.1, -0.05) is 25.1 Å². The highest BCUT2D eigenvalue weighted by Crippen LogP contribution is 2.22. The molecule has 2 aromatic heterocycles. The van der Waals surface area contributed by atoms with E-state index in [2.05, 4.69) is 38.4 Å². The Kier molecular flexibility index (Phi) is 5.45. The lowest BCUT2D eigenvalue weighted by Crippen LogP contribution is -2.09. The van der Waals surface area contributed by atoms with Crippen LogP contribution in [0, 0.1) is 0 Å². The van der Waals surface area contributed by atoms with E-state index in [9.17, 15) is 4.79 Å². The summed E-state index contributed by atoms with van der Waals surface area (Å²) in [7, 11) is 0. The van der Waals surface area contributed by atoms with E-state index in [4.69, 9.17) is 4.74 Å². The van der Waals surface area contributed by atoms with Crippen molar-refractivity contribution in [1.82, 2.24) is 14.6 Å². The SMILES string of the molecule is CCCOc1ccccc1/C=C/C(=O)Nc1cc(Br)cn2cnnc12. The van der Waals surface area contributed by atoms with Crippen molar-refractivity contribution < 1.29 is 9.53 Å². The molecule has 6 nitrogen and oxygen atoms in total. The molecular formula is C18H17BrN4O2. The smallest absolute Gasteiger partial charge is 0.248 e. The van der Waals surface area contributed by atoms with Gasteiger partial charge in [-0.15, -0.1) is 10.2 Å². The number of hydrogen-bond acceptors (Lipinski definition) is 4. The summed E-state index contributed by atoms with van der Waals surface area (Å²) >= 11 is 3.40. The van der Waals surface area contributed by atoms with Crippen LogP contribution >= 0.6 is 15.9 Å². The normalized spacial score (nSPS) is 11.1. The van der Waals surface area contributed by atoms with Crippen molar-refractivity contribution in [3.05, 3.63) is 59.0 Å². The van der Waals surface area contributed by atoms with Gasteiger partial charge >= 0.3 is 0 Å². The molecule has 1 N–H and O–H groups in total. The van der Waals surface area contributed by atoms with Crippen molar-refractivity contribution in [3.8, 4) is 5.75 Å². The summed E-state index contributed by atoms with van der Waals surface area (Å²) < 4.78 is 8.24. The summed E-state index contributed by atoms with van der Waals surface area (Å²) in [6.45, 7) is 2.69. The number of para-hydroxylation sites is 1. The minimum absolute atomic E-state index is 0.256. The third-order valence-electron chi connectivity index (χ3n) is 3.41. The molecule has 0 saturated carbocycles. The Morgan fingerprint density at radius 2 is 2.24 bits per heavy atom. The van der Waals surface area contributed by atoms with Gasteiger partial charge < -0.3 is 10.1 Å². The second-order valence-corrected chi connectivity index (χ2v) is 6.26. The molecule has 3 rings (SSSR count). The van der Waals surface area contributed by atoms with Crippen molar-refractivity contribution in [3.63, 3.8) is 0 Å². The number of nitrogens with zero attached hydrogens (tertiary/aromatic N) is 3. The van der Waals surface area contributed by atoms with Gasteiger partial charge in [0.2, 0.25) is 5.91 Å². The molecule has 0 aliphatic rings. The van der Waals surface area contributed by atoms with E-state index in [1.54, 1.807) is 22.9 Å². The van der Waals surface area contributed by atoms with E-state index in [1.165, 1.54) is 6.08 Å². The van der Waals surface area contributed by atoms with E-state index in [0.717, 1.165) is 22.2 Å².